The molecule has 0 aliphatic carbocycles. The average Bonchev–Trinajstić information content (AvgIpc) is 2.19. The molecule has 78 valence electrons. The normalized spacial score (nSPS) is 10.9. The maximum atomic E-state index is 9.88. The van der Waals surface area contributed by atoms with E-state index in [1.807, 2.05) is 19.1 Å². The van der Waals surface area contributed by atoms with E-state index in [1.54, 1.807) is 6.07 Å². The van der Waals surface area contributed by atoms with Gasteiger partial charge in [0.15, 0.2) is 0 Å². The summed E-state index contributed by atoms with van der Waals surface area (Å²) in [5, 5.41) is 11.9. The van der Waals surface area contributed by atoms with E-state index in [1.165, 1.54) is 5.56 Å². The van der Waals surface area contributed by atoms with Gasteiger partial charge >= 0.3 is 0 Å². The average molecular weight is 201 g/mol. The summed E-state index contributed by atoms with van der Waals surface area (Å²) < 4.78 is 0. The van der Waals surface area contributed by atoms with Gasteiger partial charge in [-0.25, -0.2) is 0 Å². The van der Waals surface area contributed by atoms with Crippen LogP contribution in [0, 0.1) is 13.8 Å². The Morgan fingerprint density at radius 1 is 1.07 bits per heavy atom. The van der Waals surface area contributed by atoms with E-state index in [2.05, 4.69) is 13.0 Å². The highest BCUT2D eigenvalue weighted by atomic mass is 16.3. The third kappa shape index (κ3) is 1.68. The summed E-state index contributed by atoms with van der Waals surface area (Å²) in [5.41, 5.74) is 8.88. The summed E-state index contributed by atoms with van der Waals surface area (Å²) in [6.07, 6.45) is 0. The van der Waals surface area contributed by atoms with Crippen molar-refractivity contribution < 1.29 is 5.11 Å². The van der Waals surface area contributed by atoms with Gasteiger partial charge in [0.1, 0.15) is 5.75 Å². The number of rotatable bonds is 1. The summed E-state index contributed by atoms with van der Waals surface area (Å²) in [5.74, 6) is 0.319. The van der Waals surface area contributed by atoms with Gasteiger partial charge in [-0.15, -0.1) is 0 Å². The van der Waals surface area contributed by atoms with Crippen molar-refractivity contribution in [3.8, 4) is 5.75 Å². The number of fused-ring (bicyclic) bond motifs is 1. The topological polar surface area (TPSA) is 46.2 Å². The van der Waals surface area contributed by atoms with Gasteiger partial charge in [0.25, 0.3) is 0 Å². The molecular formula is C13H15NO. The molecule has 0 unspecified atom stereocenters. The van der Waals surface area contributed by atoms with Crippen LogP contribution in [0.5, 0.6) is 5.75 Å². The fourth-order valence-corrected chi connectivity index (χ4v) is 1.98. The Balaban J connectivity index is 2.85. The summed E-state index contributed by atoms with van der Waals surface area (Å²) in [6, 6.07) is 7.89. The lowest BCUT2D eigenvalue weighted by Gasteiger charge is -2.08. The van der Waals surface area contributed by atoms with E-state index < -0.39 is 0 Å². The number of phenols is 1. The number of phenolic OH excluding ortho intramolecular Hbond substituents is 1. The lowest BCUT2D eigenvalue weighted by Crippen LogP contribution is -1.96. The van der Waals surface area contributed by atoms with Crippen LogP contribution in [0.2, 0.25) is 0 Å². The third-order valence-electron chi connectivity index (χ3n) is 2.69. The second kappa shape index (κ2) is 3.55. The zero-order valence-electron chi connectivity index (χ0n) is 9.04. The zero-order valence-corrected chi connectivity index (χ0v) is 9.04. The Morgan fingerprint density at radius 2 is 1.80 bits per heavy atom. The van der Waals surface area contributed by atoms with Crippen molar-refractivity contribution in [3.63, 3.8) is 0 Å². The van der Waals surface area contributed by atoms with E-state index in [0.29, 0.717) is 12.3 Å². The first-order chi connectivity index (χ1) is 7.11. The van der Waals surface area contributed by atoms with Gasteiger partial charge in [-0.05, 0) is 48.6 Å². The monoisotopic (exact) mass is 201 g/mol. The number of benzene rings is 2. The second-order valence-electron chi connectivity index (χ2n) is 4.00. The van der Waals surface area contributed by atoms with Crippen molar-refractivity contribution in [2.24, 2.45) is 5.73 Å². The molecule has 0 aliphatic rings. The number of nitrogens with two attached hydrogens (primary N) is 1. The number of hydrogen-bond acceptors (Lipinski definition) is 2. The Bertz CT molecular complexity index is 517. The first kappa shape index (κ1) is 9.99. The number of aryl methyl sites for hydroxylation is 2. The van der Waals surface area contributed by atoms with Gasteiger partial charge < -0.3 is 10.8 Å². The Kier molecular flexibility index (Phi) is 2.37. The SMILES string of the molecule is Cc1cc(C)c2cc(CN)cc(O)c2c1. The van der Waals surface area contributed by atoms with Crippen LogP contribution in [0.25, 0.3) is 10.8 Å². The summed E-state index contributed by atoms with van der Waals surface area (Å²) in [6.45, 7) is 4.54. The largest absolute Gasteiger partial charge is 0.507 e. The van der Waals surface area contributed by atoms with Crippen LogP contribution in [0.3, 0.4) is 0 Å². The molecule has 2 aromatic carbocycles. The van der Waals surface area contributed by atoms with Gasteiger partial charge in [0.2, 0.25) is 0 Å². The molecule has 0 aliphatic heterocycles. The zero-order chi connectivity index (χ0) is 11.0. The Hall–Kier alpha value is -1.54. The maximum Gasteiger partial charge on any atom is 0.123 e. The van der Waals surface area contributed by atoms with Crippen LogP contribution < -0.4 is 5.73 Å². The molecular weight excluding hydrogens is 186 g/mol. The third-order valence-corrected chi connectivity index (χ3v) is 2.69. The standard InChI is InChI=1S/C13H15NO/c1-8-3-9(2)11-5-10(7-14)6-13(15)12(11)4-8/h3-6,15H,7,14H2,1-2H3. The first-order valence-corrected chi connectivity index (χ1v) is 5.04. The molecule has 0 fully saturated rings. The van der Waals surface area contributed by atoms with Crippen molar-refractivity contribution in [2.75, 3.05) is 0 Å². The highest BCUT2D eigenvalue weighted by molar-refractivity contribution is 5.91. The molecule has 0 saturated carbocycles. The molecule has 0 aromatic heterocycles. The molecule has 2 nitrogen and oxygen atoms in total. The van der Waals surface area contributed by atoms with E-state index in [4.69, 9.17) is 5.73 Å². The molecule has 0 atom stereocenters. The van der Waals surface area contributed by atoms with Crippen molar-refractivity contribution >= 4 is 10.8 Å². The van der Waals surface area contributed by atoms with Gasteiger partial charge in [-0.3, -0.25) is 0 Å². The lowest BCUT2D eigenvalue weighted by molar-refractivity contribution is 0.481. The Morgan fingerprint density at radius 3 is 2.47 bits per heavy atom. The predicted octanol–water partition coefficient (Wildman–Crippen LogP) is 2.62. The summed E-state index contributed by atoms with van der Waals surface area (Å²) >= 11 is 0. The molecule has 2 heteroatoms. The quantitative estimate of drug-likeness (QED) is 0.745. The van der Waals surface area contributed by atoms with Crippen LogP contribution in [0.15, 0.2) is 24.3 Å². The highest BCUT2D eigenvalue weighted by Crippen LogP contribution is 2.29. The minimum Gasteiger partial charge on any atom is -0.507 e. The van der Waals surface area contributed by atoms with Crippen LogP contribution >= 0.6 is 0 Å². The van der Waals surface area contributed by atoms with Crippen LogP contribution in [-0.2, 0) is 6.54 Å². The molecule has 0 heterocycles. The molecule has 2 aromatic rings. The highest BCUT2D eigenvalue weighted by Gasteiger charge is 2.05. The van der Waals surface area contributed by atoms with E-state index in [-0.39, 0.29) is 0 Å². The van der Waals surface area contributed by atoms with E-state index in [9.17, 15) is 5.11 Å². The van der Waals surface area contributed by atoms with Crippen molar-refractivity contribution in [2.45, 2.75) is 20.4 Å². The molecule has 0 amide bonds. The van der Waals surface area contributed by atoms with Crippen LogP contribution in [0.4, 0.5) is 0 Å². The minimum atomic E-state index is 0.319. The molecule has 2 rings (SSSR count). The fourth-order valence-electron chi connectivity index (χ4n) is 1.98. The van der Waals surface area contributed by atoms with E-state index >= 15 is 0 Å². The predicted molar refractivity (Wildman–Crippen MR) is 63.0 cm³/mol. The maximum absolute atomic E-state index is 9.88. The molecule has 15 heavy (non-hydrogen) atoms. The fraction of sp³-hybridized carbons (Fsp3) is 0.231. The van der Waals surface area contributed by atoms with Crippen molar-refractivity contribution in [1.29, 1.82) is 0 Å². The second-order valence-corrected chi connectivity index (χ2v) is 4.00. The van der Waals surface area contributed by atoms with Crippen LogP contribution in [-0.4, -0.2) is 5.11 Å². The molecule has 0 spiro atoms. The van der Waals surface area contributed by atoms with Crippen LogP contribution in [0.1, 0.15) is 16.7 Å². The molecule has 3 N–H and O–H groups in total. The number of hydrogen-bond donors (Lipinski definition) is 2. The van der Waals surface area contributed by atoms with Gasteiger partial charge in [-0.1, -0.05) is 11.6 Å². The van der Waals surface area contributed by atoms with Gasteiger partial charge in [0.05, 0.1) is 0 Å². The van der Waals surface area contributed by atoms with E-state index in [0.717, 1.165) is 21.9 Å². The first-order valence-electron chi connectivity index (χ1n) is 5.04. The van der Waals surface area contributed by atoms with Crippen molar-refractivity contribution in [3.05, 3.63) is 41.0 Å². The number of aromatic hydroxyl groups is 1. The molecule has 0 radical (unpaired) electrons. The van der Waals surface area contributed by atoms with Crippen molar-refractivity contribution in [1.82, 2.24) is 0 Å². The molecule has 0 saturated heterocycles. The lowest BCUT2D eigenvalue weighted by atomic mass is 9.99. The summed E-state index contributed by atoms with van der Waals surface area (Å²) in [4.78, 5) is 0. The molecule has 0 bridgehead atoms. The van der Waals surface area contributed by atoms with Gasteiger partial charge in [0, 0.05) is 11.9 Å². The Labute approximate surface area is 89.3 Å². The smallest absolute Gasteiger partial charge is 0.123 e. The van der Waals surface area contributed by atoms with Gasteiger partial charge in [-0.2, -0.15) is 0 Å². The summed E-state index contributed by atoms with van der Waals surface area (Å²) in [7, 11) is 0. The minimum absolute atomic E-state index is 0.319.